The fourth-order valence-corrected chi connectivity index (χ4v) is 3.61. The molecule has 0 amide bonds. The molecule has 1 aliphatic carbocycles. The molecule has 0 bridgehead atoms. The van der Waals surface area contributed by atoms with Gasteiger partial charge < -0.3 is 9.40 Å². The van der Waals surface area contributed by atoms with Gasteiger partial charge >= 0.3 is 0 Å². The largest absolute Gasteiger partial charge is 0.445 e. The molecule has 2 aromatic heterocycles. The second kappa shape index (κ2) is 5.30. The number of hydrogen-bond donors (Lipinski definition) is 1. The number of oxazole rings is 1. The van der Waals surface area contributed by atoms with Crippen molar-refractivity contribution in [2.45, 2.75) is 58.0 Å². The van der Waals surface area contributed by atoms with Crippen molar-refractivity contribution in [3.8, 4) is 0 Å². The summed E-state index contributed by atoms with van der Waals surface area (Å²) in [4.78, 5) is 15.2. The SMILES string of the molecule is Cc1cnc(CN2CCC[C@H]2c2nc3c([nH]2)CCCC3)o1. The number of hydrogen-bond acceptors (Lipinski definition) is 4. The van der Waals surface area contributed by atoms with Crippen molar-refractivity contribution >= 4 is 0 Å². The van der Waals surface area contributed by atoms with Crippen LogP contribution >= 0.6 is 0 Å². The van der Waals surface area contributed by atoms with E-state index in [1.165, 1.54) is 37.1 Å². The number of imidazole rings is 1. The molecule has 0 spiro atoms. The Bertz CT molecular complexity index is 607. The molecule has 1 fully saturated rings. The van der Waals surface area contributed by atoms with E-state index >= 15 is 0 Å². The summed E-state index contributed by atoms with van der Waals surface area (Å²) in [5.41, 5.74) is 2.67. The lowest BCUT2D eigenvalue weighted by atomic mass is 10.0. The number of H-pyrrole nitrogens is 1. The van der Waals surface area contributed by atoms with Crippen LogP contribution in [0, 0.1) is 6.92 Å². The molecule has 0 aromatic carbocycles. The number of nitrogens with zero attached hydrogens (tertiary/aromatic N) is 3. The van der Waals surface area contributed by atoms with E-state index in [-0.39, 0.29) is 0 Å². The minimum atomic E-state index is 0.391. The molecule has 1 N–H and O–H groups in total. The Morgan fingerprint density at radius 1 is 1.33 bits per heavy atom. The number of rotatable bonds is 3. The molecule has 3 heterocycles. The van der Waals surface area contributed by atoms with Gasteiger partial charge in [0.15, 0.2) is 0 Å². The number of nitrogens with one attached hydrogen (secondary N) is 1. The molecule has 2 aliphatic rings. The van der Waals surface area contributed by atoms with Gasteiger partial charge in [-0.2, -0.15) is 0 Å². The molecule has 0 radical (unpaired) electrons. The molecule has 5 heteroatoms. The van der Waals surface area contributed by atoms with Crippen LogP contribution in [0.4, 0.5) is 0 Å². The maximum Gasteiger partial charge on any atom is 0.208 e. The summed E-state index contributed by atoms with van der Waals surface area (Å²) in [5.74, 6) is 2.85. The van der Waals surface area contributed by atoms with E-state index in [0.29, 0.717) is 6.04 Å². The number of aryl methyl sites for hydroxylation is 3. The van der Waals surface area contributed by atoms with Gasteiger partial charge in [-0.3, -0.25) is 4.90 Å². The van der Waals surface area contributed by atoms with Gasteiger partial charge in [0.05, 0.1) is 24.5 Å². The van der Waals surface area contributed by atoms with E-state index in [4.69, 9.17) is 9.40 Å². The maximum atomic E-state index is 5.63. The van der Waals surface area contributed by atoms with Gasteiger partial charge in [-0.25, -0.2) is 9.97 Å². The molecule has 1 aliphatic heterocycles. The van der Waals surface area contributed by atoms with E-state index in [2.05, 4.69) is 14.9 Å². The second-order valence-electron chi connectivity index (χ2n) is 6.25. The van der Waals surface area contributed by atoms with Crippen LogP contribution in [0.15, 0.2) is 10.6 Å². The molecule has 5 nitrogen and oxygen atoms in total. The predicted molar refractivity (Wildman–Crippen MR) is 78.9 cm³/mol. The summed E-state index contributed by atoms with van der Waals surface area (Å²) < 4.78 is 5.63. The summed E-state index contributed by atoms with van der Waals surface area (Å²) in [6.07, 6.45) is 9.05. The maximum absolute atomic E-state index is 5.63. The minimum absolute atomic E-state index is 0.391. The highest BCUT2D eigenvalue weighted by Crippen LogP contribution is 2.33. The first kappa shape index (κ1) is 13.1. The topological polar surface area (TPSA) is 58.0 Å². The van der Waals surface area contributed by atoms with E-state index in [1.807, 2.05) is 6.92 Å². The Morgan fingerprint density at radius 3 is 3.05 bits per heavy atom. The normalized spacial score (nSPS) is 22.6. The molecular weight excluding hydrogens is 264 g/mol. The summed E-state index contributed by atoms with van der Waals surface area (Å²) >= 11 is 0. The van der Waals surface area contributed by atoms with Crippen molar-refractivity contribution in [3.63, 3.8) is 0 Å². The van der Waals surface area contributed by atoms with Crippen LogP contribution in [-0.4, -0.2) is 26.4 Å². The van der Waals surface area contributed by atoms with Crippen LogP contribution in [-0.2, 0) is 19.4 Å². The second-order valence-corrected chi connectivity index (χ2v) is 6.25. The molecule has 2 aromatic rings. The van der Waals surface area contributed by atoms with Crippen LogP contribution in [0.3, 0.4) is 0 Å². The molecule has 1 saturated heterocycles. The van der Waals surface area contributed by atoms with Gasteiger partial charge in [0.1, 0.15) is 11.6 Å². The third kappa shape index (κ3) is 2.50. The zero-order valence-electron chi connectivity index (χ0n) is 12.6. The van der Waals surface area contributed by atoms with Crippen LogP contribution < -0.4 is 0 Å². The van der Waals surface area contributed by atoms with Gasteiger partial charge in [-0.1, -0.05) is 0 Å². The number of aromatic amines is 1. The zero-order valence-corrected chi connectivity index (χ0v) is 12.6. The van der Waals surface area contributed by atoms with Crippen molar-refractivity contribution in [2.75, 3.05) is 6.54 Å². The Hall–Kier alpha value is -1.62. The molecule has 0 unspecified atom stereocenters. The molecule has 112 valence electrons. The van der Waals surface area contributed by atoms with Crippen LogP contribution in [0.1, 0.15) is 60.6 Å². The standard InChI is InChI=1S/C16H22N4O/c1-11-9-17-15(21-11)10-20-8-4-7-14(20)16-18-12-5-2-3-6-13(12)19-16/h9,14H,2-8,10H2,1H3,(H,18,19)/t14-/m0/s1. The van der Waals surface area contributed by atoms with Gasteiger partial charge in [-0.15, -0.1) is 0 Å². The third-order valence-corrected chi connectivity index (χ3v) is 4.66. The van der Waals surface area contributed by atoms with Gasteiger partial charge in [0.2, 0.25) is 5.89 Å². The van der Waals surface area contributed by atoms with Crippen molar-refractivity contribution < 1.29 is 4.42 Å². The zero-order chi connectivity index (χ0) is 14.2. The minimum Gasteiger partial charge on any atom is -0.445 e. The Balaban J connectivity index is 1.54. The Labute approximate surface area is 124 Å². The Morgan fingerprint density at radius 2 is 2.24 bits per heavy atom. The predicted octanol–water partition coefficient (Wildman–Crippen LogP) is 2.92. The van der Waals surface area contributed by atoms with Gasteiger partial charge in [0.25, 0.3) is 0 Å². The highest BCUT2D eigenvalue weighted by atomic mass is 16.4. The van der Waals surface area contributed by atoms with Crippen LogP contribution in [0.2, 0.25) is 0 Å². The van der Waals surface area contributed by atoms with E-state index in [9.17, 15) is 0 Å². The van der Waals surface area contributed by atoms with Crippen molar-refractivity contribution in [2.24, 2.45) is 0 Å². The quantitative estimate of drug-likeness (QED) is 0.942. The third-order valence-electron chi connectivity index (χ3n) is 4.66. The van der Waals surface area contributed by atoms with E-state index < -0.39 is 0 Å². The van der Waals surface area contributed by atoms with E-state index in [1.54, 1.807) is 6.20 Å². The molecule has 0 saturated carbocycles. The highest BCUT2D eigenvalue weighted by Gasteiger charge is 2.30. The Kier molecular flexibility index (Phi) is 3.30. The molecular formula is C16H22N4O. The van der Waals surface area contributed by atoms with Crippen LogP contribution in [0.5, 0.6) is 0 Å². The first-order valence-corrected chi connectivity index (χ1v) is 8.02. The first-order valence-electron chi connectivity index (χ1n) is 8.02. The lowest BCUT2D eigenvalue weighted by Crippen LogP contribution is -2.23. The van der Waals surface area contributed by atoms with Crippen molar-refractivity contribution in [3.05, 3.63) is 35.1 Å². The van der Waals surface area contributed by atoms with Crippen LogP contribution in [0.25, 0.3) is 0 Å². The molecule has 21 heavy (non-hydrogen) atoms. The van der Waals surface area contributed by atoms with Gasteiger partial charge in [-0.05, 0) is 52.0 Å². The lowest BCUT2D eigenvalue weighted by molar-refractivity contribution is 0.215. The summed E-state index contributed by atoms with van der Waals surface area (Å²) in [7, 11) is 0. The number of aromatic nitrogens is 3. The fourth-order valence-electron chi connectivity index (χ4n) is 3.61. The molecule has 1 atom stereocenters. The number of likely N-dealkylation sites (tertiary alicyclic amines) is 1. The highest BCUT2D eigenvalue weighted by molar-refractivity contribution is 5.19. The summed E-state index contributed by atoms with van der Waals surface area (Å²) in [5, 5.41) is 0. The smallest absolute Gasteiger partial charge is 0.208 e. The van der Waals surface area contributed by atoms with E-state index in [0.717, 1.165) is 43.4 Å². The lowest BCUT2D eigenvalue weighted by Gasteiger charge is -2.21. The average molecular weight is 286 g/mol. The summed E-state index contributed by atoms with van der Waals surface area (Å²) in [6.45, 7) is 3.82. The molecule has 4 rings (SSSR count). The van der Waals surface area contributed by atoms with Crippen molar-refractivity contribution in [1.29, 1.82) is 0 Å². The number of fused-ring (bicyclic) bond motifs is 1. The van der Waals surface area contributed by atoms with Crippen molar-refractivity contribution in [1.82, 2.24) is 19.9 Å². The monoisotopic (exact) mass is 286 g/mol. The average Bonchev–Trinajstić information content (AvgIpc) is 3.18. The fraction of sp³-hybridized carbons (Fsp3) is 0.625. The first-order chi connectivity index (χ1) is 10.3. The van der Waals surface area contributed by atoms with Gasteiger partial charge in [0, 0.05) is 5.69 Å². The summed E-state index contributed by atoms with van der Waals surface area (Å²) in [6, 6.07) is 0.391.